The van der Waals surface area contributed by atoms with Crippen LogP contribution in [0.15, 0.2) is 24.3 Å². The third-order valence-electron chi connectivity index (χ3n) is 12.5. The molecular formula is C55H105NO5. The average molecular weight is 860 g/mol. The summed E-state index contributed by atoms with van der Waals surface area (Å²) in [6, 6.07) is -0.704. The van der Waals surface area contributed by atoms with E-state index in [0.29, 0.717) is 19.3 Å². The van der Waals surface area contributed by atoms with Crippen LogP contribution in [0.2, 0.25) is 0 Å². The van der Waals surface area contributed by atoms with Gasteiger partial charge in [-0.25, -0.2) is 0 Å². The lowest BCUT2D eigenvalue weighted by Crippen LogP contribution is -2.46. The molecule has 0 radical (unpaired) electrons. The molecule has 0 aliphatic heterocycles. The lowest BCUT2D eigenvalue weighted by atomic mass is 10.0. The van der Waals surface area contributed by atoms with Gasteiger partial charge in [-0.15, -0.1) is 0 Å². The first kappa shape index (κ1) is 59.3. The Kier molecular flexibility index (Phi) is 48.0. The van der Waals surface area contributed by atoms with Gasteiger partial charge < -0.3 is 20.3 Å². The summed E-state index contributed by atoms with van der Waals surface area (Å²) in [5, 5.41) is 23.8. The molecule has 3 N–H and O–H groups in total. The summed E-state index contributed by atoms with van der Waals surface area (Å²) in [5.74, 6) is -0.489. The third kappa shape index (κ3) is 44.7. The fourth-order valence-corrected chi connectivity index (χ4v) is 8.37. The zero-order valence-corrected chi connectivity index (χ0v) is 41.1. The summed E-state index contributed by atoms with van der Waals surface area (Å²) in [5.41, 5.74) is 0. The fourth-order valence-electron chi connectivity index (χ4n) is 8.37. The van der Waals surface area contributed by atoms with Crippen LogP contribution in [-0.4, -0.2) is 46.9 Å². The number of carbonyl (C=O) groups excluding carboxylic acids is 2. The molecule has 0 aromatic rings. The van der Waals surface area contributed by atoms with E-state index in [9.17, 15) is 19.8 Å². The van der Waals surface area contributed by atoms with Gasteiger partial charge in [0, 0.05) is 6.42 Å². The number of ether oxygens (including phenoxy) is 1. The summed E-state index contributed by atoms with van der Waals surface area (Å²) in [6.07, 6.45) is 56.7. The number of amides is 1. The topological polar surface area (TPSA) is 95.9 Å². The fraction of sp³-hybridized carbons (Fsp3) is 0.891. The van der Waals surface area contributed by atoms with Gasteiger partial charge in [-0.1, -0.05) is 231 Å². The SMILES string of the molecule is CCC/C=C\CCCCCCCC(=O)OC(CCCCC/C=C/CCCCCCCCCCC)CC(=O)NC(CO)C(O)CCCCCCCCCCCCCCCCCC. The summed E-state index contributed by atoms with van der Waals surface area (Å²) >= 11 is 0. The van der Waals surface area contributed by atoms with E-state index in [1.54, 1.807) is 0 Å². The molecule has 0 bridgehead atoms. The Morgan fingerprint density at radius 2 is 0.820 bits per heavy atom. The van der Waals surface area contributed by atoms with Gasteiger partial charge in [0.25, 0.3) is 0 Å². The van der Waals surface area contributed by atoms with Gasteiger partial charge in [-0.05, 0) is 70.6 Å². The normalized spacial score (nSPS) is 13.3. The van der Waals surface area contributed by atoms with Crippen molar-refractivity contribution < 1.29 is 24.5 Å². The number of hydrogen-bond acceptors (Lipinski definition) is 5. The quantitative estimate of drug-likeness (QED) is 0.0322. The van der Waals surface area contributed by atoms with Crippen LogP contribution >= 0.6 is 0 Å². The Hall–Kier alpha value is -1.66. The molecule has 6 nitrogen and oxygen atoms in total. The van der Waals surface area contributed by atoms with Crippen LogP contribution in [-0.2, 0) is 14.3 Å². The number of aliphatic hydroxyl groups is 2. The minimum atomic E-state index is -0.790. The zero-order valence-electron chi connectivity index (χ0n) is 41.1. The van der Waals surface area contributed by atoms with Gasteiger partial charge in [0.15, 0.2) is 0 Å². The molecule has 0 spiro atoms. The number of aliphatic hydroxyl groups excluding tert-OH is 2. The van der Waals surface area contributed by atoms with Crippen LogP contribution in [0.5, 0.6) is 0 Å². The van der Waals surface area contributed by atoms with E-state index in [4.69, 9.17) is 4.74 Å². The first-order chi connectivity index (χ1) is 30.0. The van der Waals surface area contributed by atoms with E-state index in [1.165, 1.54) is 173 Å². The van der Waals surface area contributed by atoms with Crippen molar-refractivity contribution in [2.45, 2.75) is 309 Å². The van der Waals surface area contributed by atoms with Crippen LogP contribution < -0.4 is 5.32 Å². The highest BCUT2D eigenvalue weighted by Gasteiger charge is 2.24. The van der Waals surface area contributed by atoms with Gasteiger partial charge >= 0.3 is 5.97 Å². The highest BCUT2D eigenvalue weighted by Crippen LogP contribution is 2.18. The van der Waals surface area contributed by atoms with Crippen LogP contribution in [0.25, 0.3) is 0 Å². The molecule has 0 saturated carbocycles. The second-order valence-corrected chi connectivity index (χ2v) is 18.6. The summed E-state index contributed by atoms with van der Waals surface area (Å²) < 4.78 is 5.92. The van der Waals surface area contributed by atoms with Crippen molar-refractivity contribution in [1.82, 2.24) is 5.32 Å². The van der Waals surface area contributed by atoms with Crippen molar-refractivity contribution in [3.8, 4) is 0 Å². The van der Waals surface area contributed by atoms with Gasteiger partial charge in [0.05, 0.1) is 25.2 Å². The van der Waals surface area contributed by atoms with Crippen molar-refractivity contribution in [2.75, 3.05) is 6.61 Å². The van der Waals surface area contributed by atoms with Crippen LogP contribution in [0.4, 0.5) is 0 Å². The monoisotopic (exact) mass is 860 g/mol. The van der Waals surface area contributed by atoms with E-state index in [-0.39, 0.29) is 24.9 Å². The molecule has 0 heterocycles. The molecule has 0 aliphatic rings. The highest BCUT2D eigenvalue weighted by atomic mass is 16.5. The van der Waals surface area contributed by atoms with Gasteiger partial charge in [-0.3, -0.25) is 9.59 Å². The van der Waals surface area contributed by atoms with Crippen molar-refractivity contribution in [3.05, 3.63) is 24.3 Å². The maximum Gasteiger partial charge on any atom is 0.306 e. The molecule has 0 aromatic heterocycles. The predicted octanol–water partition coefficient (Wildman–Crippen LogP) is 16.3. The number of carbonyl (C=O) groups is 2. The molecule has 0 fully saturated rings. The maximum absolute atomic E-state index is 13.2. The van der Waals surface area contributed by atoms with Crippen LogP contribution in [0.1, 0.15) is 290 Å². The van der Waals surface area contributed by atoms with E-state index < -0.39 is 18.2 Å². The number of nitrogens with one attached hydrogen (secondary N) is 1. The number of hydrogen-bond donors (Lipinski definition) is 3. The smallest absolute Gasteiger partial charge is 0.306 e. The zero-order chi connectivity index (χ0) is 44.5. The van der Waals surface area contributed by atoms with Crippen molar-refractivity contribution in [2.24, 2.45) is 0 Å². The largest absolute Gasteiger partial charge is 0.462 e. The second kappa shape index (κ2) is 49.4. The molecule has 1 amide bonds. The number of unbranched alkanes of at least 4 members (excludes halogenated alkanes) is 33. The van der Waals surface area contributed by atoms with Gasteiger partial charge in [0.2, 0.25) is 5.91 Å². The number of rotatable bonds is 49. The van der Waals surface area contributed by atoms with Crippen LogP contribution in [0, 0.1) is 0 Å². The van der Waals surface area contributed by atoms with Crippen LogP contribution in [0.3, 0.4) is 0 Å². The summed E-state index contributed by atoms with van der Waals surface area (Å²) in [7, 11) is 0. The van der Waals surface area contributed by atoms with Crippen molar-refractivity contribution in [1.29, 1.82) is 0 Å². The standard InChI is InChI=1S/C55H105NO5/c1-4-7-10-13-16-19-22-24-26-28-30-32-34-37-40-43-46-51(61-55(60)48-45-42-39-36-21-18-15-12-9-6-3)49-54(59)56-52(50-57)53(58)47-44-41-38-35-33-31-29-27-25-23-20-17-14-11-8-5-2/h12,15,30,32,51-53,57-58H,4-11,13-14,16-29,31,33-50H2,1-3H3,(H,56,59)/b15-12-,32-30+. The number of allylic oxidation sites excluding steroid dienone is 4. The van der Waals surface area contributed by atoms with Gasteiger partial charge in [0.1, 0.15) is 6.10 Å². The second-order valence-electron chi connectivity index (χ2n) is 18.6. The molecule has 3 unspecified atom stereocenters. The molecule has 0 saturated heterocycles. The molecule has 3 atom stereocenters. The van der Waals surface area contributed by atoms with E-state index in [2.05, 4.69) is 50.4 Å². The molecule has 360 valence electrons. The molecule has 61 heavy (non-hydrogen) atoms. The highest BCUT2D eigenvalue weighted by molar-refractivity contribution is 5.77. The average Bonchev–Trinajstić information content (AvgIpc) is 3.25. The minimum Gasteiger partial charge on any atom is -0.462 e. The minimum absolute atomic E-state index is 0.0677. The number of esters is 1. The van der Waals surface area contributed by atoms with Gasteiger partial charge in [-0.2, -0.15) is 0 Å². The molecular weight excluding hydrogens is 755 g/mol. The summed E-state index contributed by atoms with van der Waals surface area (Å²) in [4.78, 5) is 26.1. The Labute approximate surface area is 380 Å². The lowest BCUT2D eigenvalue weighted by Gasteiger charge is -2.24. The Morgan fingerprint density at radius 1 is 0.459 bits per heavy atom. The molecule has 6 heteroatoms. The molecule has 0 rings (SSSR count). The van der Waals surface area contributed by atoms with Crippen molar-refractivity contribution in [3.63, 3.8) is 0 Å². The lowest BCUT2D eigenvalue weighted by molar-refractivity contribution is -0.151. The van der Waals surface area contributed by atoms with E-state index in [1.807, 2.05) is 0 Å². The van der Waals surface area contributed by atoms with Crippen molar-refractivity contribution >= 4 is 11.9 Å². The Bertz CT molecular complexity index is 966. The molecule has 0 aromatic carbocycles. The maximum atomic E-state index is 13.2. The van der Waals surface area contributed by atoms with E-state index >= 15 is 0 Å². The Balaban J connectivity index is 4.51. The summed E-state index contributed by atoms with van der Waals surface area (Å²) in [6.45, 7) is 6.44. The van der Waals surface area contributed by atoms with E-state index in [0.717, 1.165) is 70.6 Å². The third-order valence-corrected chi connectivity index (χ3v) is 12.5. The first-order valence-corrected chi connectivity index (χ1v) is 27.1. The predicted molar refractivity (Wildman–Crippen MR) is 264 cm³/mol. The Morgan fingerprint density at radius 3 is 1.25 bits per heavy atom. The molecule has 0 aliphatic carbocycles. The first-order valence-electron chi connectivity index (χ1n) is 27.1.